The zero-order valence-corrected chi connectivity index (χ0v) is 11.4. The van der Waals surface area contributed by atoms with Gasteiger partial charge < -0.3 is 0 Å². The molecule has 0 spiro atoms. The van der Waals surface area contributed by atoms with E-state index in [0.717, 1.165) is 9.13 Å². The van der Waals surface area contributed by atoms with E-state index in [1.807, 2.05) is 35.6 Å². The third-order valence-corrected chi connectivity index (χ3v) is 3.79. The molecule has 17 heavy (non-hydrogen) atoms. The Bertz CT molecular complexity index is 413. The summed E-state index contributed by atoms with van der Waals surface area (Å²) in [5.74, 6) is -0.220. The van der Waals surface area contributed by atoms with Gasteiger partial charge in [0.25, 0.3) is 0 Å². The molecular weight excluding hydrogens is 344 g/mol. The number of carbonyl (C=O) groups excluding carboxylic acids is 1. The van der Waals surface area contributed by atoms with Crippen molar-refractivity contribution < 1.29 is 18.0 Å². The topological polar surface area (TPSA) is 17.1 Å². The summed E-state index contributed by atoms with van der Waals surface area (Å²) in [6.45, 7) is 1.87. The highest BCUT2D eigenvalue weighted by Crippen LogP contribution is 2.24. The molecule has 0 heterocycles. The summed E-state index contributed by atoms with van der Waals surface area (Å²) in [5.41, 5.74) is 1.49. The van der Waals surface area contributed by atoms with Gasteiger partial charge in [-0.05, 0) is 41.5 Å². The molecule has 0 aliphatic rings. The van der Waals surface area contributed by atoms with Gasteiger partial charge in [0.2, 0.25) is 0 Å². The lowest BCUT2D eigenvalue weighted by atomic mass is 10.0. The van der Waals surface area contributed by atoms with E-state index < -0.39 is 12.6 Å². The molecule has 1 aromatic rings. The minimum atomic E-state index is -4.18. The summed E-state index contributed by atoms with van der Waals surface area (Å²) in [5, 5.41) is 0. The van der Waals surface area contributed by atoms with Crippen molar-refractivity contribution in [3.05, 3.63) is 32.9 Å². The zero-order chi connectivity index (χ0) is 13.1. The molecule has 0 aliphatic carbocycles. The molecule has 1 aromatic carbocycles. The van der Waals surface area contributed by atoms with Crippen molar-refractivity contribution in [1.82, 2.24) is 0 Å². The second kappa shape index (κ2) is 5.84. The maximum atomic E-state index is 11.9. The quantitative estimate of drug-likeness (QED) is 0.573. The Labute approximate surface area is 112 Å². The Morgan fingerprint density at radius 2 is 2.00 bits per heavy atom. The van der Waals surface area contributed by atoms with Gasteiger partial charge in [-0.3, -0.25) is 4.79 Å². The van der Waals surface area contributed by atoms with Crippen molar-refractivity contribution >= 4 is 28.4 Å². The largest absolute Gasteiger partial charge is 0.389 e. The van der Waals surface area contributed by atoms with Crippen LogP contribution in [0.25, 0.3) is 0 Å². The standard InChI is InChI=1S/C12H12F3IO/c1-8-4-2-5-9(11(8)16)10(17)6-3-7-12(13,14)15/h2,4-5H,3,6-7H2,1H3. The lowest BCUT2D eigenvalue weighted by molar-refractivity contribution is -0.135. The smallest absolute Gasteiger partial charge is 0.294 e. The molecule has 0 N–H and O–H groups in total. The Kier molecular flexibility index (Phi) is 4.97. The van der Waals surface area contributed by atoms with Crippen LogP contribution in [0.4, 0.5) is 13.2 Å². The van der Waals surface area contributed by atoms with Gasteiger partial charge in [0.05, 0.1) is 0 Å². The number of rotatable bonds is 4. The van der Waals surface area contributed by atoms with Gasteiger partial charge in [-0.1, -0.05) is 18.2 Å². The normalized spacial score (nSPS) is 11.6. The van der Waals surface area contributed by atoms with Crippen LogP contribution in [0.15, 0.2) is 18.2 Å². The highest BCUT2D eigenvalue weighted by atomic mass is 127. The summed E-state index contributed by atoms with van der Waals surface area (Å²) < 4.78 is 36.6. The number of Topliss-reactive ketones (excluding diaryl/α,β-unsaturated/α-hetero) is 1. The lowest BCUT2D eigenvalue weighted by Gasteiger charge is -2.07. The maximum Gasteiger partial charge on any atom is 0.389 e. The molecule has 0 saturated carbocycles. The van der Waals surface area contributed by atoms with Crippen LogP contribution in [-0.2, 0) is 0 Å². The van der Waals surface area contributed by atoms with E-state index in [2.05, 4.69) is 0 Å². The van der Waals surface area contributed by atoms with Crippen molar-refractivity contribution in [3.8, 4) is 0 Å². The van der Waals surface area contributed by atoms with Gasteiger partial charge in [0.1, 0.15) is 0 Å². The molecule has 5 heteroatoms. The lowest BCUT2D eigenvalue weighted by Crippen LogP contribution is -2.09. The molecular formula is C12H12F3IO. The summed E-state index contributed by atoms with van der Waals surface area (Å²) in [6, 6.07) is 5.27. The first-order valence-electron chi connectivity index (χ1n) is 5.16. The SMILES string of the molecule is Cc1cccc(C(=O)CCCC(F)(F)F)c1I. The maximum absolute atomic E-state index is 11.9. The van der Waals surface area contributed by atoms with Crippen LogP contribution in [0.2, 0.25) is 0 Å². The van der Waals surface area contributed by atoms with E-state index in [9.17, 15) is 18.0 Å². The predicted molar refractivity (Wildman–Crippen MR) is 68.1 cm³/mol. The van der Waals surface area contributed by atoms with Crippen molar-refractivity contribution in [3.63, 3.8) is 0 Å². The van der Waals surface area contributed by atoms with Crippen LogP contribution in [0, 0.1) is 10.5 Å². The minimum absolute atomic E-state index is 0.0566. The van der Waals surface area contributed by atoms with Gasteiger partial charge in [0, 0.05) is 22.0 Å². The van der Waals surface area contributed by atoms with E-state index in [-0.39, 0.29) is 18.6 Å². The molecule has 0 fully saturated rings. The number of carbonyl (C=O) groups is 1. The van der Waals surface area contributed by atoms with Gasteiger partial charge in [-0.2, -0.15) is 13.2 Å². The number of aryl methyl sites for hydroxylation is 1. The molecule has 0 amide bonds. The molecule has 0 aliphatic heterocycles. The second-order valence-electron chi connectivity index (χ2n) is 3.83. The van der Waals surface area contributed by atoms with Crippen molar-refractivity contribution in [1.29, 1.82) is 0 Å². The van der Waals surface area contributed by atoms with Gasteiger partial charge in [0.15, 0.2) is 5.78 Å². The number of halogens is 4. The van der Waals surface area contributed by atoms with Crippen LogP contribution < -0.4 is 0 Å². The fourth-order valence-corrected chi connectivity index (χ4v) is 2.11. The third kappa shape index (κ3) is 4.65. The number of hydrogen-bond donors (Lipinski definition) is 0. The molecule has 0 aromatic heterocycles. The number of benzene rings is 1. The van der Waals surface area contributed by atoms with E-state index in [0.29, 0.717) is 5.56 Å². The Hall–Kier alpha value is -0.590. The highest BCUT2D eigenvalue weighted by molar-refractivity contribution is 14.1. The van der Waals surface area contributed by atoms with Gasteiger partial charge in [-0.25, -0.2) is 0 Å². The summed E-state index contributed by atoms with van der Waals surface area (Å²) in [7, 11) is 0. The number of hydrogen-bond acceptors (Lipinski definition) is 1. The average molecular weight is 356 g/mol. The minimum Gasteiger partial charge on any atom is -0.294 e. The molecule has 0 unspecified atom stereocenters. The Morgan fingerprint density at radius 3 is 2.59 bits per heavy atom. The van der Waals surface area contributed by atoms with E-state index in [1.165, 1.54) is 0 Å². The molecule has 94 valence electrons. The number of ketones is 1. The second-order valence-corrected chi connectivity index (χ2v) is 4.91. The van der Waals surface area contributed by atoms with Crippen LogP contribution in [0.3, 0.4) is 0 Å². The first kappa shape index (κ1) is 14.5. The number of alkyl halides is 3. The van der Waals surface area contributed by atoms with Crippen LogP contribution in [-0.4, -0.2) is 12.0 Å². The Morgan fingerprint density at radius 1 is 1.35 bits per heavy atom. The third-order valence-electron chi connectivity index (χ3n) is 2.36. The van der Waals surface area contributed by atoms with E-state index in [4.69, 9.17) is 0 Å². The van der Waals surface area contributed by atoms with Gasteiger partial charge in [-0.15, -0.1) is 0 Å². The predicted octanol–water partition coefficient (Wildman–Crippen LogP) is 4.51. The molecule has 0 saturated heterocycles. The fraction of sp³-hybridized carbons (Fsp3) is 0.417. The van der Waals surface area contributed by atoms with E-state index in [1.54, 1.807) is 12.1 Å². The summed E-state index contributed by atoms with van der Waals surface area (Å²) >= 11 is 2.04. The fourth-order valence-electron chi connectivity index (χ4n) is 1.45. The Balaban J connectivity index is 2.62. The summed E-state index contributed by atoms with van der Waals surface area (Å²) in [6.07, 6.45) is -5.29. The van der Waals surface area contributed by atoms with Crippen LogP contribution >= 0.6 is 22.6 Å². The van der Waals surface area contributed by atoms with Crippen molar-refractivity contribution in [2.45, 2.75) is 32.4 Å². The summed E-state index contributed by atoms with van der Waals surface area (Å²) in [4.78, 5) is 11.7. The van der Waals surface area contributed by atoms with Crippen molar-refractivity contribution in [2.75, 3.05) is 0 Å². The molecule has 0 radical (unpaired) electrons. The average Bonchev–Trinajstić information content (AvgIpc) is 2.20. The van der Waals surface area contributed by atoms with Crippen molar-refractivity contribution in [2.24, 2.45) is 0 Å². The van der Waals surface area contributed by atoms with Crippen LogP contribution in [0.5, 0.6) is 0 Å². The van der Waals surface area contributed by atoms with E-state index >= 15 is 0 Å². The van der Waals surface area contributed by atoms with Crippen LogP contribution in [0.1, 0.15) is 35.2 Å². The monoisotopic (exact) mass is 356 g/mol. The molecule has 1 rings (SSSR count). The molecule has 1 nitrogen and oxygen atoms in total. The first-order valence-corrected chi connectivity index (χ1v) is 6.24. The molecule has 0 atom stereocenters. The van der Waals surface area contributed by atoms with Gasteiger partial charge >= 0.3 is 6.18 Å². The highest BCUT2D eigenvalue weighted by Gasteiger charge is 2.26. The molecule has 0 bridgehead atoms. The first-order chi connectivity index (χ1) is 7.81. The zero-order valence-electron chi connectivity index (χ0n) is 9.27.